The number of carbonyl (C=O) groups excluding carboxylic acids is 1. The van der Waals surface area contributed by atoms with Gasteiger partial charge < -0.3 is 10.2 Å². The lowest BCUT2D eigenvalue weighted by Crippen LogP contribution is -2.20. The quantitative estimate of drug-likeness (QED) is 0.566. The van der Waals surface area contributed by atoms with Crippen LogP contribution >= 0.6 is 0 Å². The van der Waals surface area contributed by atoms with E-state index in [0.29, 0.717) is 12.3 Å². The number of aliphatic hydroxyl groups excluding tert-OH is 1. The number of aromatic nitrogens is 1. The topological polar surface area (TPSA) is 70.4 Å². The molecule has 1 rings (SSSR count). The lowest BCUT2D eigenvalue weighted by Gasteiger charge is -2.06. The predicted octanol–water partition coefficient (Wildman–Crippen LogP) is 0.594. The van der Waals surface area contributed by atoms with Gasteiger partial charge in [-0.3, -0.25) is 9.78 Å². The average molecular weight is 221 g/mol. The van der Waals surface area contributed by atoms with E-state index in [1.165, 1.54) is 0 Å². The first-order valence-corrected chi connectivity index (χ1v) is 3.76. The lowest BCUT2D eigenvalue weighted by molar-refractivity contribution is -0.141. The van der Waals surface area contributed by atoms with E-state index < -0.39 is 23.9 Å². The summed E-state index contributed by atoms with van der Waals surface area (Å²) in [6, 6.07) is 1.42. The zero-order valence-corrected chi connectivity index (χ0v) is 7.19. The second kappa shape index (κ2) is 3.95. The smallest absolute Gasteiger partial charge is 0.362 e. The molecule has 82 valence electrons. The number of alkyl halides is 3. The molecular weight excluding hydrogens is 215 g/mol. The number of rotatable bonds is 2. The van der Waals surface area contributed by atoms with E-state index in [2.05, 4.69) is 4.98 Å². The van der Waals surface area contributed by atoms with E-state index in [4.69, 9.17) is 10.2 Å². The van der Waals surface area contributed by atoms with Crippen LogP contribution in [0.4, 0.5) is 13.2 Å². The first-order chi connectivity index (χ1) is 6.82. The Morgan fingerprint density at radius 1 is 1.33 bits per heavy atom. The van der Waals surface area contributed by atoms with Crippen LogP contribution in [-0.2, 0) is 6.18 Å². The molecule has 0 saturated heterocycles. The first kappa shape index (κ1) is 11.6. The van der Waals surface area contributed by atoms with Crippen molar-refractivity contribution in [2.45, 2.75) is 12.5 Å². The third-order valence-corrected chi connectivity index (χ3v) is 1.57. The molecule has 0 bridgehead atoms. The summed E-state index contributed by atoms with van der Waals surface area (Å²) in [5.74, 6) is -1.10. The highest BCUT2D eigenvalue weighted by Gasteiger charge is 2.32. The van der Waals surface area contributed by atoms with E-state index in [1.807, 2.05) is 0 Å². The van der Waals surface area contributed by atoms with Gasteiger partial charge in [-0.15, -0.1) is 0 Å². The van der Waals surface area contributed by atoms with E-state index in [9.17, 15) is 18.0 Å². The maximum atomic E-state index is 12.0. The molecule has 0 unspecified atom stereocenters. The van der Waals surface area contributed by atoms with Gasteiger partial charge in [-0.1, -0.05) is 0 Å². The first-order valence-electron chi connectivity index (χ1n) is 3.76. The summed E-state index contributed by atoms with van der Waals surface area (Å²) >= 11 is 0. The highest BCUT2D eigenvalue weighted by Crippen LogP contribution is 2.27. The van der Waals surface area contributed by atoms with Crippen LogP contribution in [0.1, 0.15) is 16.1 Å². The Bertz CT molecular complexity index is 358. The lowest BCUT2D eigenvalue weighted by atomic mass is 10.1. The molecule has 0 aliphatic rings. The highest BCUT2D eigenvalue weighted by atomic mass is 19.4. The number of aliphatic hydroxyl groups is 2. The molecule has 15 heavy (non-hydrogen) atoms. The molecule has 0 atom stereocenters. The molecule has 1 heterocycles. The Morgan fingerprint density at radius 3 is 2.27 bits per heavy atom. The van der Waals surface area contributed by atoms with E-state index in [0.717, 1.165) is 6.07 Å². The van der Waals surface area contributed by atoms with Crippen LogP contribution in [0.2, 0.25) is 0 Å². The summed E-state index contributed by atoms with van der Waals surface area (Å²) < 4.78 is 36.1. The number of nitrogens with zero attached hydrogens (tertiary/aromatic N) is 1. The minimum absolute atomic E-state index is 0.294. The van der Waals surface area contributed by atoms with Crippen molar-refractivity contribution in [1.29, 1.82) is 0 Å². The molecule has 0 radical (unpaired) electrons. The maximum Gasteiger partial charge on any atom is 0.433 e. The molecule has 0 aromatic carbocycles. The van der Waals surface area contributed by atoms with Gasteiger partial charge in [-0.05, 0) is 12.1 Å². The largest absolute Gasteiger partial charge is 0.433 e. The van der Waals surface area contributed by atoms with Crippen molar-refractivity contribution < 1.29 is 28.2 Å². The van der Waals surface area contributed by atoms with Gasteiger partial charge in [0.05, 0.1) is 0 Å². The van der Waals surface area contributed by atoms with Crippen molar-refractivity contribution in [3.63, 3.8) is 0 Å². The van der Waals surface area contributed by atoms with E-state index in [-0.39, 0.29) is 5.56 Å². The second-order valence-electron chi connectivity index (χ2n) is 2.67. The molecule has 0 amide bonds. The Balaban J connectivity index is 2.96. The van der Waals surface area contributed by atoms with Gasteiger partial charge in [0.2, 0.25) is 12.1 Å². The number of halogens is 3. The summed E-state index contributed by atoms with van der Waals surface area (Å²) in [6.45, 7) is 0. The van der Waals surface area contributed by atoms with Crippen LogP contribution in [0.15, 0.2) is 18.3 Å². The van der Waals surface area contributed by atoms with Gasteiger partial charge in [-0.2, -0.15) is 13.2 Å². The fraction of sp³-hybridized carbons (Fsp3) is 0.250. The summed E-state index contributed by atoms with van der Waals surface area (Å²) in [5, 5.41) is 16.9. The molecule has 2 N–H and O–H groups in total. The van der Waals surface area contributed by atoms with Gasteiger partial charge >= 0.3 is 6.18 Å². The minimum atomic E-state index is -4.58. The predicted molar refractivity (Wildman–Crippen MR) is 41.8 cm³/mol. The van der Waals surface area contributed by atoms with Crippen molar-refractivity contribution in [2.75, 3.05) is 0 Å². The Morgan fingerprint density at radius 2 is 1.93 bits per heavy atom. The van der Waals surface area contributed by atoms with E-state index in [1.54, 1.807) is 0 Å². The fourth-order valence-electron chi connectivity index (χ4n) is 0.856. The monoisotopic (exact) mass is 221 g/mol. The molecule has 0 aliphatic carbocycles. The van der Waals surface area contributed by atoms with Crippen LogP contribution in [0.25, 0.3) is 0 Å². The van der Waals surface area contributed by atoms with Crippen LogP contribution < -0.4 is 0 Å². The molecule has 1 aromatic rings. The van der Waals surface area contributed by atoms with Gasteiger partial charge in [0.25, 0.3) is 0 Å². The highest BCUT2D eigenvalue weighted by molar-refractivity contribution is 5.97. The van der Waals surface area contributed by atoms with Gasteiger partial charge in [-0.25, -0.2) is 0 Å². The molecule has 0 aliphatic heterocycles. The molecular formula is C8H6F3NO3. The standard InChI is InChI=1S/C8H6F3NO3/c9-8(10,11)5-2-1-4(3-12-5)6(13)7(14)15/h1-3,7,14-15H. The van der Waals surface area contributed by atoms with Crippen LogP contribution in [0, 0.1) is 0 Å². The van der Waals surface area contributed by atoms with Crippen LogP contribution in [0.5, 0.6) is 0 Å². The van der Waals surface area contributed by atoms with Crippen molar-refractivity contribution in [1.82, 2.24) is 4.98 Å². The van der Waals surface area contributed by atoms with Crippen LogP contribution in [-0.4, -0.2) is 27.3 Å². The third-order valence-electron chi connectivity index (χ3n) is 1.57. The molecule has 0 saturated carbocycles. The molecule has 7 heteroatoms. The Labute approximate surface area is 82.0 Å². The van der Waals surface area contributed by atoms with Crippen molar-refractivity contribution in [3.05, 3.63) is 29.6 Å². The third kappa shape index (κ3) is 2.74. The Kier molecular flexibility index (Phi) is 3.06. The van der Waals surface area contributed by atoms with Gasteiger partial charge in [0, 0.05) is 11.8 Å². The molecule has 4 nitrogen and oxygen atoms in total. The number of pyridine rings is 1. The minimum Gasteiger partial charge on any atom is -0.362 e. The average Bonchev–Trinajstić information content (AvgIpc) is 2.15. The fourth-order valence-corrected chi connectivity index (χ4v) is 0.856. The number of hydrogen-bond acceptors (Lipinski definition) is 4. The van der Waals surface area contributed by atoms with Crippen molar-refractivity contribution in [3.8, 4) is 0 Å². The maximum absolute atomic E-state index is 12.0. The molecule has 0 fully saturated rings. The summed E-state index contributed by atoms with van der Waals surface area (Å²) in [7, 11) is 0. The SMILES string of the molecule is O=C(c1ccc(C(F)(F)F)nc1)C(O)O. The number of Topliss-reactive ketones (excluding diaryl/α,β-unsaturated/α-hetero) is 1. The second-order valence-corrected chi connectivity index (χ2v) is 2.67. The number of hydrogen-bond donors (Lipinski definition) is 2. The van der Waals surface area contributed by atoms with Crippen molar-refractivity contribution >= 4 is 5.78 Å². The zero-order chi connectivity index (χ0) is 11.6. The van der Waals surface area contributed by atoms with Gasteiger partial charge in [0.1, 0.15) is 5.69 Å². The van der Waals surface area contributed by atoms with Gasteiger partial charge in [0.15, 0.2) is 0 Å². The zero-order valence-electron chi connectivity index (χ0n) is 7.19. The van der Waals surface area contributed by atoms with Crippen molar-refractivity contribution in [2.24, 2.45) is 0 Å². The Hall–Kier alpha value is -1.47. The number of ketones is 1. The summed E-state index contributed by atoms with van der Waals surface area (Å²) in [5.41, 5.74) is -1.44. The van der Waals surface area contributed by atoms with E-state index >= 15 is 0 Å². The molecule has 0 spiro atoms. The normalized spacial score (nSPS) is 11.9. The summed E-state index contributed by atoms with van der Waals surface area (Å²) in [6.07, 6.45) is -6.19. The summed E-state index contributed by atoms with van der Waals surface area (Å²) in [4.78, 5) is 13.9. The molecule has 1 aromatic heterocycles. The van der Waals surface area contributed by atoms with Crippen LogP contribution in [0.3, 0.4) is 0 Å². The number of carbonyl (C=O) groups is 1.